The Kier molecular flexibility index (Phi) is 7.29. The third kappa shape index (κ3) is 5.35. The molecule has 1 amide bonds. The minimum absolute atomic E-state index is 0.111. The van der Waals surface area contributed by atoms with Gasteiger partial charge in [-0.2, -0.15) is 0 Å². The molecule has 0 saturated carbocycles. The fourth-order valence-electron chi connectivity index (χ4n) is 4.20. The van der Waals surface area contributed by atoms with Crippen molar-refractivity contribution in [2.75, 3.05) is 39.9 Å². The highest BCUT2D eigenvalue weighted by Crippen LogP contribution is 2.33. The lowest BCUT2D eigenvalue weighted by molar-refractivity contribution is -0.134. The van der Waals surface area contributed by atoms with Gasteiger partial charge in [0, 0.05) is 32.7 Å². The van der Waals surface area contributed by atoms with E-state index in [1.165, 1.54) is 4.70 Å². The molecule has 1 saturated heterocycles. The summed E-state index contributed by atoms with van der Waals surface area (Å²) < 4.78 is 12.3. The molecule has 0 radical (unpaired) electrons. The molecule has 178 valence electrons. The summed E-state index contributed by atoms with van der Waals surface area (Å²) in [6, 6.07) is 12.1. The monoisotopic (exact) mass is 497 g/mol. The molecule has 0 N–H and O–H groups in total. The van der Waals surface area contributed by atoms with E-state index >= 15 is 0 Å². The number of methoxy groups -OCH3 is 1. The molecule has 5 rings (SSSR count). The zero-order chi connectivity index (χ0) is 23.3. The van der Waals surface area contributed by atoms with Crippen molar-refractivity contribution in [3.8, 4) is 10.8 Å². The number of aromatic nitrogens is 3. The Morgan fingerprint density at radius 2 is 2.18 bits per heavy atom. The number of amides is 1. The van der Waals surface area contributed by atoms with E-state index in [0.717, 1.165) is 34.8 Å². The number of nitrogens with zero attached hydrogens (tertiary/aromatic N) is 5. The first-order chi connectivity index (χ1) is 16.7. The van der Waals surface area contributed by atoms with E-state index < -0.39 is 0 Å². The number of para-hydroxylation sites is 1. The van der Waals surface area contributed by atoms with Crippen molar-refractivity contribution in [1.82, 2.24) is 25.0 Å². The normalized spacial score (nSPS) is 16.5. The van der Waals surface area contributed by atoms with Gasteiger partial charge in [-0.05, 0) is 36.4 Å². The van der Waals surface area contributed by atoms with Crippen LogP contribution < -0.4 is 0 Å². The number of hydrogen-bond donors (Lipinski definition) is 0. The maximum Gasteiger partial charge on any atom is 0.257 e. The maximum absolute atomic E-state index is 13.3. The molecule has 0 spiro atoms. The summed E-state index contributed by atoms with van der Waals surface area (Å²) in [7, 11) is 1.66. The van der Waals surface area contributed by atoms with Crippen molar-refractivity contribution in [3.63, 3.8) is 0 Å². The summed E-state index contributed by atoms with van der Waals surface area (Å²) >= 11 is 3.30. The lowest BCUT2D eigenvalue weighted by atomic mass is 9.98. The van der Waals surface area contributed by atoms with Crippen molar-refractivity contribution in [2.24, 2.45) is 0 Å². The minimum atomic E-state index is 0.111. The molecule has 4 aromatic rings. The second-order valence-corrected chi connectivity index (χ2v) is 10.4. The largest absolute Gasteiger partial charge is 0.419 e. The van der Waals surface area contributed by atoms with E-state index in [1.807, 2.05) is 39.4 Å². The molecule has 8 nitrogen and oxygen atoms in total. The van der Waals surface area contributed by atoms with Crippen LogP contribution in [0.15, 0.2) is 46.2 Å². The number of carbonyl (C=O) groups is 1. The Morgan fingerprint density at radius 3 is 3.00 bits per heavy atom. The summed E-state index contributed by atoms with van der Waals surface area (Å²) in [6.07, 6.45) is 2.04. The van der Waals surface area contributed by atoms with Crippen LogP contribution in [0.4, 0.5) is 0 Å². The quantitative estimate of drug-likeness (QED) is 0.342. The Hall–Kier alpha value is -2.66. The SMILES string of the molecule is COCCN(CC(=O)N1CCC[C@H](c2nc3ccccc3s2)C1)Cc1nnc(-c2cccs2)o1. The molecule has 3 aromatic heterocycles. The molecule has 1 aliphatic rings. The number of thiophene rings is 1. The van der Waals surface area contributed by atoms with Gasteiger partial charge in [-0.25, -0.2) is 4.98 Å². The van der Waals surface area contributed by atoms with Gasteiger partial charge in [-0.15, -0.1) is 32.9 Å². The Balaban J connectivity index is 1.23. The predicted molar refractivity (Wildman–Crippen MR) is 133 cm³/mol. The minimum Gasteiger partial charge on any atom is -0.419 e. The zero-order valence-corrected chi connectivity index (χ0v) is 20.7. The van der Waals surface area contributed by atoms with Crippen molar-refractivity contribution >= 4 is 38.8 Å². The highest BCUT2D eigenvalue weighted by molar-refractivity contribution is 7.18. The van der Waals surface area contributed by atoms with Crippen molar-refractivity contribution in [1.29, 1.82) is 0 Å². The van der Waals surface area contributed by atoms with E-state index in [9.17, 15) is 4.79 Å². The average molecular weight is 498 g/mol. The lowest BCUT2D eigenvalue weighted by Crippen LogP contribution is -2.45. The highest BCUT2D eigenvalue weighted by atomic mass is 32.1. The van der Waals surface area contributed by atoms with Crippen LogP contribution in [0.2, 0.25) is 0 Å². The van der Waals surface area contributed by atoms with Crippen LogP contribution in [0, 0.1) is 0 Å². The van der Waals surface area contributed by atoms with Crippen molar-refractivity contribution in [3.05, 3.63) is 52.7 Å². The Morgan fingerprint density at radius 1 is 1.26 bits per heavy atom. The molecule has 0 unspecified atom stereocenters. The van der Waals surface area contributed by atoms with Crippen LogP contribution in [0.1, 0.15) is 29.7 Å². The summed E-state index contributed by atoms with van der Waals surface area (Å²) in [5.41, 5.74) is 1.04. The number of rotatable bonds is 9. The fraction of sp³-hybridized carbons (Fsp3) is 0.417. The van der Waals surface area contributed by atoms with Gasteiger partial charge in [-0.3, -0.25) is 9.69 Å². The molecule has 1 aliphatic heterocycles. The molecule has 10 heteroatoms. The third-order valence-electron chi connectivity index (χ3n) is 5.96. The van der Waals surface area contributed by atoms with E-state index in [-0.39, 0.29) is 18.4 Å². The third-order valence-corrected chi connectivity index (χ3v) is 8.02. The van der Waals surface area contributed by atoms with Gasteiger partial charge >= 0.3 is 0 Å². The first kappa shape index (κ1) is 23.1. The van der Waals surface area contributed by atoms with Crippen LogP contribution in [0.5, 0.6) is 0 Å². The van der Waals surface area contributed by atoms with E-state index in [2.05, 4.69) is 22.3 Å². The van der Waals surface area contributed by atoms with Gasteiger partial charge < -0.3 is 14.1 Å². The fourth-order valence-corrected chi connectivity index (χ4v) is 5.94. The topological polar surface area (TPSA) is 84.6 Å². The van der Waals surface area contributed by atoms with Crippen LogP contribution in [-0.2, 0) is 16.1 Å². The maximum atomic E-state index is 13.3. The molecule has 4 heterocycles. The molecular formula is C24H27N5O3S2. The van der Waals surface area contributed by atoms with E-state index in [4.69, 9.17) is 14.1 Å². The van der Waals surface area contributed by atoms with E-state index in [0.29, 0.717) is 38.0 Å². The molecule has 0 bridgehead atoms. The number of carbonyl (C=O) groups excluding carboxylic acids is 1. The van der Waals surface area contributed by atoms with E-state index in [1.54, 1.807) is 29.8 Å². The standard InChI is InChI=1S/C24H27N5O3S2/c1-31-12-11-28(15-21-26-27-23(32-21)20-9-5-13-33-20)16-22(30)29-10-4-6-17(14-29)24-25-18-7-2-3-8-19(18)34-24/h2-3,5,7-9,13,17H,4,6,10-12,14-16H2,1H3/t17-/m0/s1. The van der Waals surface area contributed by atoms with Gasteiger partial charge in [0.25, 0.3) is 5.89 Å². The van der Waals surface area contributed by atoms with Gasteiger partial charge in [0.05, 0.1) is 39.8 Å². The first-order valence-electron chi connectivity index (χ1n) is 11.4. The van der Waals surface area contributed by atoms with Crippen LogP contribution in [-0.4, -0.2) is 70.8 Å². The smallest absolute Gasteiger partial charge is 0.257 e. The Bertz CT molecular complexity index is 1190. The molecule has 1 aromatic carbocycles. The molecular weight excluding hydrogens is 470 g/mol. The molecule has 1 fully saturated rings. The highest BCUT2D eigenvalue weighted by Gasteiger charge is 2.28. The summed E-state index contributed by atoms with van der Waals surface area (Å²) in [5, 5.41) is 11.4. The number of thiazole rings is 1. The second-order valence-electron chi connectivity index (χ2n) is 8.38. The predicted octanol–water partition coefficient (Wildman–Crippen LogP) is 4.26. The first-order valence-corrected chi connectivity index (χ1v) is 13.1. The van der Waals surface area contributed by atoms with Crippen molar-refractivity contribution in [2.45, 2.75) is 25.3 Å². The van der Waals surface area contributed by atoms with Crippen LogP contribution in [0.3, 0.4) is 0 Å². The van der Waals surface area contributed by atoms with Gasteiger partial charge in [0.2, 0.25) is 11.8 Å². The summed E-state index contributed by atoms with van der Waals surface area (Å²) in [5.74, 6) is 1.41. The number of hydrogen-bond acceptors (Lipinski definition) is 9. The number of likely N-dealkylation sites (tertiary alicyclic amines) is 1. The number of fused-ring (bicyclic) bond motifs is 1. The number of benzene rings is 1. The van der Waals surface area contributed by atoms with Crippen LogP contribution in [0.25, 0.3) is 21.0 Å². The second kappa shape index (κ2) is 10.7. The Labute approximate surface area is 206 Å². The molecule has 1 atom stereocenters. The van der Waals surface area contributed by atoms with Gasteiger partial charge in [-0.1, -0.05) is 18.2 Å². The van der Waals surface area contributed by atoms with Crippen LogP contribution >= 0.6 is 22.7 Å². The summed E-state index contributed by atoms with van der Waals surface area (Å²) in [4.78, 5) is 23.0. The lowest BCUT2D eigenvalue weighted by Gasteiger charge is -2.33. The number of piperidine rings is 1. The number of ether oxygens (including phenoxy) is 1. The summed E-state index contributed by atoms with van der Waals surface area (Å²) in [6.45, 7) is 3.30. The van der Waals surface area contributed by atoms with Gasteiger partial charge in [0.1, 0.15) is 0 Å². The van der Waals surface area contributed by atoms with Gasteiger partial charge in [0.15, 0.2) is 0 Å². The average Bonchev–Trinajstić information content (AvgIpc) is 3.63. The molecule has 0 aliphatic carbocycles. The van der Waals surface area contributed by atoms with Crippen molar-refractivity contribution < 1.29 is 13.9 Å². The molecule has 34 heavy (non-hydrogen) atoms. The zero-order valence-electron chi connectivity index (χ0n) is 19.1.